The van der Waals surface area contributed by atoms with Crippen molar-refractivity contribution in [1.29, 1.82) is 0 Å². The lowest BCUT2D eigenvalue weighted by Crippen LogP contribution is -2.35. The Morgan fingerprint density at radius 2 is 1.87 bits per heavy atom. The van der Waals surface area contributed by atoms with Crippen LogP contribution in [0.2, 0.25) is 5.02 Å². The number of hydrogen-bond donors (Lipinski definition) is 1. The molecule has 1 aromatic carbocycles. The van der Waals surface area contributed by atoms with Crippen molar-refractivity contribution in [2.45, 2.75) is 25.9 Å². The summed E-state index contributed by atoms with van der Waals surface area (Å²) in [4.78, 5) is 9.13. The molecule has 3 heterocycles. The number of nitrogens with one attached hydrogen (secondary N) is 1. The third-order valence-corrected chi connectivity index (χ3v) is 6.54. The summed E-state index contributed by atoms with van der Waals surface area (Å²) >= 11 is 12.3. The molecule has 1 saturated heterocycles. The third kappa shape index (κ3) is 4.20. The first kappa shape index (κ1) is 21.8. The van der Waals surface area contributed by atoms with Crippen LogP contribution in [0.1, 0.15) is 34.7 Å². The average Bonchev–Trinajstić information content (AvgIpc) is 3.23. The van der Waals surface area contributed by atoms with Gasteiger partial charge in [0.05, 0.1) is 28.5 Å². The number of likely N-dealkylation sites (N-methyl/N-ethyl adjacent to an activating group) is 1. The fraction of sp³-hybridized carbons (Fsp3) is 0.333. The van der Waals surface area contributed by atoms with Gasteiger partial charge in [0.15, 0.2) is 5.11 Å². The number of nitrogens with zero attached hydrogens (tertiary/aromatic N) is 4. The van der Waals surface area contributed by atoms with E-state index in [1.165, 1.54) is 5.56 Å². The van der Waals surface area contributed by atoms with Crippen molar-refractivity contribution in [2.75, 3.05) is 27.2 Å². The molecule has 1 N–H and O–H groups in total. The number of aryl methyl sites for hydroxylation is 1. The van der Waals surface area contributed by atoms with Gasteiger partial charge in [0, 0.05) is 30.7 Å². The van der Waals surface area contributed by atoms with Gasteiger partial charge in [-0.3, -0.25) is 4.98 Å². The number of aromatic nitrogens is 2. The Balaban J connectivity index is 1.82. The fourth-order valence-electron chi connectivity index (χ4n) is 4.38. The van der Waals surface area contributed by atoms with Gasteiger partial charge in [0.1, 0.15) is 0 Å². The molecule has 162 valence electrons. The molecule has 5 nitrogen and oxygen atoms in total. The van der Waals surface area contributed by atoms with Crippen LogP contribution in [-0.2, 0) is 0 Å². The van der Waals surface area contributed by atoms with Crippen LogP contribution >= 0.6 is 23.8 Å². The maximum atomic E-state index is 6.55. The molecule has 2 atom stereocenters. The maximum absolute atomic E-state index is 6.55. The number of halogens is 1. The quantitative estimate of drug-likeness (QED) is 0.548. The molecule has 1 fully saturated rings. The minimum atomic E-state index is -0.0175. The van der Waals surface area contributed by atoms with Crippen molar-refractivity contribution in [2.24, 2.45) is 0 Å². The monoisotopic (exact) mass is 453 g/mol. The van der Waals surface area contributed by atoms with Gasteiger partial charge >= 0.3 is 0 Å². The lowest BCUT2D eigenvalue weighted by Gasteiger charge is -2.29. The molecule has 0 aliphatic carbocycles. The highest BCUT2D eigenvalue weighted by Crippen LogP contribution is 2.41. The molecule has 0 saturated carbocycles. The number of para-hydroxylation sites is 1. The highest BCUT2D eigenvalue weighted by Gasteiger charge is 2.41. The largest absolute Gasteiger partial charge is 0.352 e. The number of thiocarbonyl (C=S) groups is 1. The normalized spacial score (nSPS) is 18.6. The number of rotatable bonds is 6. The minimum Gasteiger partial charge on any atom is -0.352 e. The van der Waals surface area contributed by atoms with Crippen molar-refractivity contribution >= 4 is 28.9 Å². The molecule has 1 aliphatic heterocycles. The summed E-state index contributed by atoms with van der Waals surface area (Å²) in [5.41, 5.74) is 5.53. The van der Waals surface area contributed by atoms with Crippen LogP contribution in [0.25, 0.3) is 5.69 Å². The third-order valence-electron chi connectivity index (χ3n) is 5.87. The van der Waals surface area contributed by atoms with Crippen LogP contribution in [0.15, 0.2) is 54.7 Å². The van der Waals surface area contributed by atoms with Gasteiger partial charge in [0.2, 0.25) is 0 Å². The molecule has 0 amide bonds. The summed E-state index contributed by atoms with van der Waals surface area (Å²) in [6.07, 6.45) is 1.84. The van der Waals surface area contributed by atoms with Gasteiger partial charge < -0.3 is 19.7 Å². The smallest absolute Gasteiger partial charge is 0.170 e. The highest BCUT2D eigenvalue weighted by molar-refractivity contribution is 7.80. The molecule has 31 heavy (non-hydrogen) atoms. The summed E-state index contributed by atoms with van der Waals surface area (Å²) in [5, 5.41) is 5.05. The average molecular weight is 454 g/mol. The zero-order chi connectivity index (χ0) is 22.1. The van der Waals surface area contributed by atoms with E-state index >= 15 is 0 Å². The van der Waals surface area contributed by atoms with E-state index in [2.05, 4.69) is 70.8 Å². The van der Waals surface area contributed by atoms with E-state index in [0.717, 1.165) is 46.0 Å². The first-order chi connectivity index (χ1) is 14.9. The molecule has 3 aromatic rings. The first-order valence-electron chi connectivity index (χ1n) is 10.4. The van der Waals surface area contributed by atoms with Gasteiger partial charge in [-0.2, -0.15) is 0 Å². The van der Waals surface area contributed by atoms with Crippen LogP contribution in [-0.4, -0.2) is 51.6 Å². The summed E-state index contributed by atoms with van der Waals surface area (Å²) in [6.45, 7) is 6.03. The second-order valence-corrected chi connectivity index (χ2v) is 9.03. The molecular weight excluding hydrogens is 426 g/mol. The predicted molar refractivity (Wildman–Crippen MR) is 131 cm³/mol. The van der Waals surface area contributed by atoms with Crippen LogP contribution in [0, 0.1) is 13.8 Å². The lowest BCUT2D eigenvalue weighted by molar-refractivity contribution is 0.277. The van der Waals surface area contributed by atoms with Crippen LogP contribution in [0.4, 0.5) is 0 Å². The summed E-state index contributed by atoms with van der Waals surface area (Å²) in [5.74, 6) is 0. The number of pyridine rings is 1. The molecule has 7 heteroatoms. The van der Waals surface area contributed by atoms with E-state index in [-0.39, 0.29) is 12.1 Å². The molecule has 1 aliphatic rings. The summed E-state index contributed by atoms with van der Waals surface area (Å²) in [7, 11) is 4.17. The zero-order valence-electron chi connectivity index (χ0n) is 18.3. The Morgan fingerprint density at radius 1 is 1.13 bits per heavy atom. The molecule has 0 spiro atoms. The van der Waals surface area contributed by atoms with Crippen molar-refractivity contribution in [3.63, 3.8) is 0 Å². The fourth-order valence-corrected chi connectivity index (χ4v) is 4.94. The second-order valence-electron chi connectivity index (χ2n) is 8.24. The van der Waals surface area contributed by atoms with Gasteiger partial charge in [-0.1, -0.05) is 29.8 Å². The Morgan fingerprint density at radius 3 is 2.55 bits per heavy atom. The SMILES string of the molecule is Cc1cc([C@H]2[C@H](c3ccccn3)NC(=S)N2CCN(C)C)c(C)n1-c1ccccc1Cl. The van der Waals surface area contributed by atoms with Crippen molar-refractivity contribution < 1.29 is 0 Å². The summed E-state index contributed by atoms with van der Waals surface area (Å²) < 4.78 is 2.23. The Hall–Kier alpha value is -2.41. The lowest BCUT2D eigenvalue weighted by atomic mass is 9.97. The first-order valence-corrected chi connectivity index (χ1v) is 11.2. The van der Waals surface area contributed by atoms with Gasteiger partial charge in [-0.05, 0) is 76.1 Å². The van der Waals surface area contributed by atoms with Crippen LogP contribution < -0.4 is 5.32 Å². The van der Waals surface area contributed by atoms with Gasteiger partial charge in [0.25, 0.3) is 0 Å². The maximum Gasteiger partial charge on any atom is 0.170 e. The van der Waals surface area contributed by atoms with Crippen molar-refractivity contribution in [3.05, 3.63) is 82.4 Å². The standard InChI is InChI=1S/C24H28ClN5S/c1-16-15-18(17(2)30(16)21-11-6-5-9-19(21)25)23-22(20-10-7-8-12-26-20)27-24(31)29(23)14-13-28(3)4/h5-12,15,22-23H,13-14H2,1-4H3,(H,27,31)/t22-,23-/m0/s1. The topological polar surface area (TPSA) is 36.3 Å². The summed E-state index contributed by atoms with van der Waals surface area (Å²) in [6, 6.07) is 16.3. The van der Waals surface area contributed by atoms with Crippen LogP contribution in [0.3, 0.4) is 0 Å². The van der Waals surface area contributed by atoms with E-state index < -0.39 is 0 Å². The molecule has 0 bridgehead atoms. The Kier molecular flexibility index (Phi) is 6.32. The van der Waals surface area contributed by atoms with Crippen LogP contribution in [0.5, 0.6) is 0 Å². The number of hydrogen-bond acceptors (Lipinski definition) is 3. The molecular formula is C24H28ClN5S. The van der Waals surface area contributed by atoms with Gasteiger partial charge in [-0.15, -0.1) is 0 Å². The molecule has 4 rings (SSSR count). The van der Waals surface area contributed by atoms with E-state index in [9.17, 15) is 0 Å². The minimum absolute atomic E-state index is 0.0175. The van der Waals surface area contributed by atoms with Crippen molar-refractivity contribution in [1.82, 2.24) is 24.7 Å². The molecule has 0 radical (unpaired) electrons. The van der Waals surface area contributed by atoms with Crippen molar-refractivity contribution in [3.8, 4) is 5.69 Å². The second kappa shape index (κ2) is 8.99. The van der Waals surface area contributed by atoms with E-state index in [1.807, 2.05) is 36.5 Å². The van der Waals surface area contributed by atoms with E-state index in [4.69, 9.17) is 23.8 Å². The Labute approximate surface area is 194 Å². The van der Waals surface area contributed by atoms with E-state index in [1.54, 1.807) is 0 Å². The Bertz CT molecular complexity index is 1080. The highest BCUT2D eigenvalue weighted by atomic mass is 35.5. The zero-order valence-corrected chi connectivity index (χ0v) is 19.9. The number of benzene rings is 1. The molecule has 0 unspecified atom stereocenters. The van der Waals surface area contributed by atoms with Gasteiger partial charge in [-0.25, -0.2) is 0 Å². The molecule has 2 aromatic heterocycles. The van der Waals surface area contributed by atoms with E-state index in [0.29, 0.717) is 0 Å². The predicted octanol–water partition coefficient (Wildman–Crippen LogP) is 4.68.